The SMILES string of the molecule is CCN(CC)C(=O)COc1ccc(NC(=O)c2ccn(-c3ccccc3)n2)cc1Cl. The maximum absolute atomic E-state index is 12.5. The summed E-state index contributed by atoms with van der Waals surface area (Å²) in [5, 5.41) is 7.37. The van der Waals surface area contributed by atoms with Gasteiger partial charge >= 0.3 is 0 Å². The van der Waals surface area contributed by atoms with Gasteiger partial charge in [0.2, 0.25) is 0 Å². The summed E-state index contributed by atoms with van der Waals surface area (Å²) in [5.41, 5.74) is 1.64. The maximum atomic E-state index is 12.5. The molecule has 1 N–H and O–H groups in total. The molecule has 156 valence electrons. The van der Waals surface area contributed by atoms with Gasteiger partial charge in [-0.15, -0.1) is 0 Å². The van der Waals surface area contributed by atoms with Gasteiger partial charge in [0.25, 0.3) is 11.8 Å². The maximum Gasteiger partial charge on any atom is 0.276 e. The Morgan fingerprint density at radius 3 is 2.50 bits per heavy atom. The van der Waals surface area contributed by atoms with Crippen molar-refractivity contribution in [3.8, 4) is 11.4 Å². The van der Waals surface area contributed by atoms with Crippen LogP contribution in [0.25, 0.3) is 5.69 Å². The number of aromatic nitrogens is 2. The monoisotopic (exact) mass is 426 g/mol. The third kappa shape index (κ3) is 5.18. The Labute approximate surface area is 180 Å². The van der Waals surface area contributed by atoms with Gasteiger partial charge in [-0.25, -0.2) is 4.68 Å². The molecule has 0 aliphatic carbocycles. The van der Waals surface area contributed by atoms with Crippen LogP contribution in [0.15, 0.2) is 60.8 Å². The molecular formula is C22H23ClN4O3. The number of amides is 2. The summed E-state index contributed by atoms with van der Waals surface area (Å²) in [4.78, 5) is 26.2. The van der Waals surface area contributed by atoms with E-state index in [0.717, 1.165) is 5.69 Å². The number of carbonyl (C=O) groups excluding carboxylic acids is 2. The van der Waals surface area contributed by atoms with Crippen LogP contribution < -0.4 is 10.1 Å². The van der Waals surface area contributed by atoms with Crippen LogP contribution in [-0.4, -0.2) is 46.2 Å². The average Bonchev–Trinajstić information content (AvgIpc) is 3.25. The predicted octanol–water partition coefficient (Wildman–Crippen LogP) is 4.03. The number of anilines is 1. The molecule has 0 radical (unpaired) electrons. The smallest absolute Gasteiger partial charge is 0.276 e. The molecule has 0 aliphatic rings. The Kier molecular flexibility index (Phi) is 7.08. The molecule has 3 aromatic rings. The van der Waals surface area contributed by atoms with Crippen molar-refractivity contribution in [2.24, 2.45) is 0 Å². The lowest BCUT2D eigenvalue weighted by Gasteiger charge is -2.19. The van der Waals surface area contributed by atoms with E-state index < -0.39 is 0 Å². The number of para-hydroxylation sites is 1. The lowest BCUT2D eigenvalue weighted by Crippen LogP contribution is -2.34. The lowest BCUT2D eigenvalue weighted by molar-refractivity contribution is -0.132. The Balaban J connectivity index is 1.62. The number of nitrogens with one attached hydrogen (secondary N) is 1. The van der Waals surface area contributed by atoms with Crippen LogP contribution in [0.1, 0.15) is 24.3 Å². The highest BCUT2D eigenvalue weighted by atomic mass is 35.5. The molecule has 0 aliphatic heterocycles. The van der Waals surface area contributed by atoms with Crippen molar-refractivity contribution in [2.45, 2.75) is 13.8 Å². The van der Waals surface area contributed by atoms with Gasteiger partial charge in [-0.1, -0.05) is 29.8 Å². The highest BCUT2D eigenvalue weighted by molar-refractivity contribution is 6.32. The number of hydrogen-bond acceptors (Lipinski definition) is 4. The topological polar surface area (TPSA) is 76.5 Å². The first-order valence-corrected chi connectivity index (χ1v) is 10.0. The molecule has 0 atom stereocenters. The van der Waals surface area contributed by atoms with Gasteiger partial charge in [0.1, 0.15) is 5.75 Å². The number of carbonyl (C=O) groups is 2. The highest BCUT2D eigenvalue weighted by Gasteiger charge is 2.14. The van der Waals surface area contributed by atoms with Crippen molar-refractivity contribution in [2.75, 3.05) is 25.0 Å². The summed E-state index contributed by atoms with van der Waals surface area (Å²) < 4.78 is 7.16. The molecule has 0 saturated carbocycles. The summed E-state index contributed by atoms with van der Waals surface area (Å²) in [5.74, 6) is -0.0860. The predicted molar refractivity (Wildman–Crippen MR) is 116 cm³/mol. The highest BCUT2D eigenvalue weighted by Crippen LogP contribution is 2.28. The van der Waals surface area contributed by atoms with Gasteiger partial charge in [0, 0.05) is 25.0 Å². The Bertz CT molecular complexity index is 1020. The Hall–Kier alpha value is -3.32. The summed E-state index contributed by atoms with van der Waals surface area (Å²) >= 11 is 6.25. The molecule has 1 aromatic heterocycles. The number of ether oxygens (including phenoxy) is 1. The van der Waals surface area contributed by atoms with E-state index in [1.165, 1.54) is 0 Å². The Morgan fingerprint density at radius 2 is 1.83 bits per heavy atom. The zero-order valence-electron chi connectivity index (χ0n) is 16.8. The van der Waals surface area contributed by atoms with Crippen LogP contribution in [0.3, 0.4) is 0 Å². The fraction of sp³-hybridized carbons (Fsp3) is 0.227. The minimum Gasteiger partial charge on any atom is -0.482 e. The van der Waals surface area contributed by atoms with Gasteiger partial charge in [-0.2, -0.15) is 5.10 Å². The molecule has 0 unspecified atom stereocenters. The number of rotatable bonds is 8. The summed E-state index contributed by atoms with van der Waals surface area (Å²) in [7, 11) is 0. The number of benzene rings is 2. The quantitative estimate of drug-likeness (QED) is 0.590. The number of nitrogens with zero attached hydrogens (tertiary/aromatic N) is 3. The third-order valence-electron chi connectivity index (χ3n) is 4.50. The van der Waals surface area contributed by atoms with Crippen LogP contribution in [0.4, 0.5) is 5.69 Å². The fourth-order valence-electron chi connectivity index (χ4n) is 2.87. The van der Waals surface area contributed by atoms with Crippen LogP contribution >= 0.6 is 11.6 Å². The summed E-state index contributed by atoms with van der Waals surface area (Å²) in [6.07, 6.45) is 1.72. The molecule has 0 spiro atoms. The molecule has 8 heteroatoms. The van der Waals surface area contributed by atoms with Crippen LogP contribution in [0, 0.1) is 0 Å². The van der Waals surface area contributed by atoms with E-state index in [-0.39, 0.29) is 24.1 Å². The molecule has 2 amide bonds. The largest absolute Gasteiger partial charge is 0.482 e. The summed E-state index contributed by atoms with van der Waals surface area (Å²) in [6, 6.07) is 16.0. The van der Waals surface area contributed by atoms with E-state index in [1.54, 1.807) is 40.0 Å². The molecule has 3 rings (SSSR count). The second-order valence-corrected chi connectivity index (χ2v) is 6.84. The van der Waals surface area contributed by atoms with Crippen LogP contribution in [-0.2, 0) is 4.79 Å². The van der Waals surface area contributed by atoms with Crippen molar-refractivity contribution in [3.63, 3.8) is 0 Å². The first-order valence-electron chi connectivity index (χ1n) is 9.64. The standard InChI is InChI=1S/C22H23ClN4O3/c1-3-26(4-2)21(28)15-30-20-11-10-16(14-18(20)23)24-22(29)19-12-13-27(25-19)17-8-6-5-7-9-17/h5-14H,3-4,15H2,1-2H3,(H,24,29). The first-order chi connectivity index (χ1) is 14.5. The third-order valence-corrected chi connectivity index (χ3v) is 4.79. The van der Waals surface area contributed by atoms with Gasteiger partial charge in [0.15, 0.2) is 12.3 Å². The van der Waals surface area contributed by atoms with E-state index in [4.69, 9.17) is 16.3 Å². The zero-order valence-corrected chi connectivity index (χ0v) is 17.6. The second kappa shape index (κ2) is 9.93. The number of likely N-dealkylation sites (N-methyl/N-ethyl adjacent to an activating group) is 1. The molecule has 2 aromatic carbocycles. The average molecular weight is 427 g/mol. The second-order valence-electron chi connectivity index (χ2n) is 6.44. The van der Waals surface area contributed by atoms with E-state index in [9.17, 15) is 9.59 Å². The van der Waals surface area contributed by atoms with Gasteiger partial charge in [-0.3, -0.25) is 9.59 Å². The van der Waals surface area contributed by atoms with E-state index >= 15 is 0 Å². The van der Waals surface area contributed by atoms with Crippen molar-refractivity contribution >= 4 is 29.1 Å². The molecule has 0 bridgehead atoms. The van der Waals surface area contributed by atoms with Gasteiger partial charge in [-0.05, 0) is 50.2 Å². The zero-order chi connectivity index (χ0) is 21.5. The van der Waals surface area contributed by atoms with Crippen molar-refractivity contribution in [1.82, 2.24) is 14.7 Å². The number of halogens is 1. The molecule has 1 heterocycles. The van der Waals surface area contributed by atoms with E-state index in [1.807, 2.05) is 44.2 Å². The number of hydrogen-bond donors (Lipinski definition) is 1. The summed E-state index contributed by atoms with van der Waals surface area (Å²) in [6.45, 7) is 4.97. The van der Waals surface area contributed by atoms with Crippen molar-refractivity contribution < 1.29 is 14.3 Å². The Morgan fingerprint density at radius 1 is 1.10 bits per heavy atom. The van der Waals surface area contributed by atoms with Gasteiger partial charge in [0.05, 0.1) is 10.7 Å². The minimum absolute atomic E-state index is 0.0932. The normalized spacial score (nSPS) is 10.5. The molecule has 0 saturated heterocycles. The lowest BCUT2D eigenvalue weighted by atomic mass is 10.3. The molecule has 30 heavy (non-hydrogen) atoms. The van der Waals surface area contributed by atoms with Crippen LogP contribution in [0.5, 0.6) is 5.75 Å². The minimum atomic E-state index is -0.355. The van der Waals surface area contributed by atoms with E-state index in [0.29, 0.717) is 29.5 Å². The van der Waals surface area contributed by atoms with Crippen molar-refractivity contribution in [1.29, 1.82) is 0 Å². The fourth-order valence-corrected chi connectivity index (χ4v) is 3.10. The molecule has 7 nitrogen and oxygen atoms in total. The van der Waals surface area contributed by atoms with Crippen molar-refractivity contribution in [3.05, 3.63) is 71.5 Å². The van der Waals surface area contributed by atoms with Crippen LogP contribution in [0.2, 0.25) is 5.02 Å². The molecule has 0 fully saturated rings. The molecular weight excluding hydrogens is 404 g/mol. The first kappa shape index (κ1) is 21.4. The van der Waals surface area contributed by atoms with Gasteiger partial charge < -0.3 is 15.0 Å². The van der Waals surface area contributed by atoms with E-state index in [2.05, 4.69) is 10.4 Å².